The molecule has 0 aromatic carbocycles. The number of pyridine rings is 1. The maximum Gasteiger partial charge on any atom is 0.318 e. The van der Waals surface area contributed by atoms with Crippen LogP contribution in [0.25, 0.3) is 22.6 Å². The first-order chi connectivity index (χ1) is 16.9. The van der Waals surface area contributed by atoms with E-state index in [9.17, 15) is 4.39 Å². The summed E-state index contributed by atoms with van der Waals surface area (Å²) in [5.41, 5.74) is 2.72. The van der Waals surface area contributed by atoms with Gasteiger partial charge in [0.2, 0.25) is 0 Å². The number of aryl methyl sites for hydroxylation is 1. The van der Waals surface area contributed by atoms with Crippen LogP contribution in [0.15, 0.2) is 42.0 Å². The molecule has 0 radical (unpaired) electrons. The second-order valence-corrected chi connectivity index (χ2v) is 9.09. The third-order valence-electron chi connectivity index (χ3n) is 6.31. The van der Waals surface area contributed by atoms with E-state index in [0.29, 0.717) is 40.2 Å². The molecule has 35 heavy (non-hydrogen) atoms. The highest BCUT2D eigenvalue weighted by molar-refractivity contribution is 5.79. The Hall–Kier alpha value is -3.20. The summed E-state index contributed by atoms with van der Waals surface area (Å²) < 4.78 is 36.3. The van der Waals surface area contributed by atoms with Crippen LogP contribution in [0.2, 0.25) is 0 Å². The molecule has 0 aliphatic heterocycles. The highest BCUT2D eigenvalue weighted by Gasteiger charge is 2.22. The Balaban J connectivity index is 1.71. The van der Waals surface area contributed by atoms with Gasteiger partial charge < -0.3 is 14.2 Å². The van der Waals surface area contributed by atoms with Crippen molar-refractivity contribution in [2.75, 3.05) is 27.2 Å². The number of unbranched alkanes of at least 4 members (excludes halogenated alkanes) is 1. The lowest BCUT2D eigenvalue weighted by molar-refractivity contribution is 0.287. The van der Waals surface area contributed by atoms with Gasteiger partial charge in [-0.2, -0.15) is 9.97 Å². The molecule has 0 spiro atoms. The topological polar surface area (TPSA) is 69.0 Å². The first-order valence-electron chi connectivity index (χ1n) is 12.0. The number of fused-ring (bicyclic) bond motifs is 1. The standard InChI is InChI=1S/C26H32F2N6O/c1-5-6-11-33(3)15-18-7-9-19(22(28)10-8-18)16-34-24(20-12-21(27)14-29-13-20)31-23-17(2)30-26(35-4)32-25(23)34/h7,9,12-14,18H,5-6,8,10-11,15-16H2,1-4H3. The van der Waals surface area contributed by atoms with Crippen molar-refractivity contribution in [3.63, 3.8) is 0 Å². The number of hydrogen-bond donors (Lipinski definition) is 0. The minimum absolute atomic E-state index is 0.150. The maximum absolute atomic E-state index is 15.3. The Morgan fingerprint density at radius 2 is 2.03 bits per heavy atom. The van der Waals surface area contributed by atoms with E-state index in [1.165, 1.54) is 19.4 Å². The zero-order chi connectivity index (χ0) is 24.9. The van der Waals surface area contributed by atoms with E-state index in [2.05, 4.69) is 39.9 Å². The number of allylic oxidation sites excluding steroid dienone is 3. The van der Waals surface area contributed by atoms with Crippen LogP contribution in [0.4, 0.5) is 8.78 Å². The molecule has 0 amide bonds. The molecule has 9 heteroatoms. The van der Waals surface area contributed by atoms with Gasteiger partial charge in [0.05, 0.1) is 25.5 Å². The Morgan fingerprint density at radius 1 is 1.20 bits per heavy atom. The van der Waals surface area contributed by atoms with Gasteiger partial charge in [-0.1, -0.05) is 25.5 Å². The average molecular weight is 483 g/mol. The normalized spacial score (nSPS) is 16.4. The Morgan fingerprint density at radius 3 is 2.77 bits per heavy atom. The minimum atomic E-state index is -0.476. The molecule has 0 fully saturated rings. The fraction of sp³-hybridized carbons (Fsp3) is 0.462. The van der Waals surface area contributed by atoms with Crippen LogP contribution in [0.5, 0.6) is 6.01 Å². The summed E-state index contributed by atoms with van der Waals surface area (Å²) >= 11 is 0. The lowest BCUT2D eigenvalue weighted by atomic mass is 10.0. The molecule has 0 bridgehead atoms. The van der Waals surface area contributed by atoms with Crippen molar-refractivity contribution in [1.29, 1.82) is 0 Å². The molecule has 186 valence electrons. The fourth-order valence-electron chi connectivity index (χ4n) is 4.40. The number of hydrogen-bond acceptors (Lipinski definition) is 6. The van der Waals surface area contributed by atoms with Gasteiger partial charge in [-0.05, 0) is 45.3 Å². The maximum atomic E-state index is 15.3. The zero-order valence-corrected chi connectivity index (χ0v) is 20.8. The van der Waals surface area contributed by atoms with E-state index in [0.717, 1.165) is 38.5 Å². The first kappa shape index (κ1) is 24.9. The minimum Gasteiger partial charge on any atom is -0.467 e. The number of aromatic nitrogens is 5. The van der Waals surface area contributed by atoms with Crippen molar-refractivity contribution in [3.8, 4) is 17.4 Å². The number of nitrogens with zero attached hydrogens (tertiary/aromatic N) is 6. The van der Waals surface area contributed by atoms with Crippen LogP contribution < -0.4 is 4.74 Å². The van der Waals surface area contributed by atoms with Crippen molar-refractivity contribution in [3.05, 3.63) is 53.5 Å². The molecule has 0 N–H and O–H groups in total. The van der Waals surface area contributed by atoms with Crippen molar-refractivity contribution >= 4 is 11.2 Å². The zero-order valence-electron chi connectivity index (χ0n) is 20.8. The summed E-state index contributed by atoms with van der Waals surface area (Å²) in [6.45, 7) is 6.12. The number of imidazole rings is 1. The third kappa shape index (κ3) is 5.73. The van der Waals surface area contributed by atoms with E-state index in [1.807, 2.05) is 13.0 Å². The summed E-state index contributed by atoms with van der Waals surface area (Å²) in [6.07, 6.45) is 10.1. The lowest BCUT2D eigenvalue weighted by Gasteiger charge is -2.21. The molecule has 3 aromatic heterocycles. The van der Waals surface area contributed by atoms with Gasteiger partial charge in [0.25, 0.3) is 0 Å². The van der Waals surface area contributed by atoms with E-state index in [1.54, 1.807) is 4.57 Å². The van der Waals surface area contributed by atoms with Crippen LogP contribution in [0, 0.1) is 18.7 Å². The summed E-state index contributed by atoms with van der Waals surface area (Å²) in [5.74, 6) is 0.0989. The van der Waals surface area contributed by atoms with Gasteiger partial charge in [-0.25, -0.2) is 13.8 Å². The van der Waals surface area contributed by atoms with Crippen LogP contribution in [0.1, 0.15) is 38.3 Å². The Bertz CT molecular complexity index is 1250. The van der Waals surface area contributed by atoms with Crippen LogP contribution in [-0.2, 0) is 6.54 Å². The summed E-state index contributed by atoms with van der Waals surface area (Å²) in [7, 11) is 3.61. The summed E-state index contributed by atoms with van der Waals surface area (Å²) in [4.78, 5) is 19.8. The van der Waals surface area contributed by atoms with E-state index >= 15 is 4.39 Å². The van der Waals surface area contributed by atoms with Gasteiger partial charge in [-0.15, -0.1) is 0 Å². The van der Waals surface area contributed by atoms with Crippen molar-refractivity contribution in [1.82, 2.24) is 29.4 Å². The van der Waals surface area contributed by atoms with Crippen molar-refractivity contribution in [2.45, 2.75) is 46.1 Å². The van der Waals surface area contributed by atoms with Gasteiger partial charge in [0.15, 0.2) is 5.65 Å². The smallest absolute Gasteiger partial charge is 0.318 e. The monoisotopic (exact) mass is 482 g/mol. The van der Waals surface area contributed by atoms with Gasteiger partial charge >= 0.3 is 6.01 Å². The predicted molar refractivity (Wildman–Crippen MR) is 132 cm³/mol. The molecule has 0 saturated carbocycles. The number of halogens is 2. The quantitative estimate of drug-likeness (QED) is 0.414. The van der Waals surface area contributed by atoms with Gasteiger partial charge in [0, 0.05) is 30.3 Å². The summed E-state index contributed by atoms with van der Waals surface area (Å²) in [6, 6.07) is 1.56. The van der Waals surface area contributed by atoms with Gasteiger partial charge in [0.1, 0.15) is 23.0 Å². The molecule has 1 aliphatic rings. The molecule has 1 aliphatic carbocycles. The largest absolute Gasteiger partial charge is 0.467 e. The van der Waals surface area contributed by atoms with Crippen LogP contribution in [-0.4, -0.2) is 56.6 Å². The Kier molecular flexibility index (Phi) is 7.85. The summed E-state index contributed by atoms with van der Waals surface area (Å²) in [5, 5.41) is 0. The molecule has 1 atom stereocenters. The van der Waals surface area contributed by atoms with E-state index < -0.39 is 5.82 Å². The molecular formula is C26H32F2N6O. The predicted octanol–water partition coefficient (Wildman–Crippen LogP) is 5.27. The number of ether oxygens (including phenoxy) is 1. The SMILES string of the molecule is CCCCN(C)CC1C=CC(Cn2c(-c3cncc(F)c3)nc3c(C)nc(OC)nc32)=C(F)CC1. The highest BCUT2D eigenvalue weighted by atomic mass is 19.1. The molecule has 3 aromatic rings. The van der Waals surface area contributed by atoms with Gasteiger partial charge in [-0.3, -0.25) is 4.98 Å². The third-order valence-corrected chi connectivity index (χ3v) is 6.31. The molecule has 1 unspecified atom stereocenters. The average Bonchev–Trinajstić information content (AvgIpc) is 3.12. The fourth-order valence-corrected chi connectivity index (χ4v) is 4.40. The second kappa shape index (κ2) is 11.0. The van der Waals surface area contributed by atoms with Crippen molar-refractivity contribution < 1.29 is 13.5 Å². The molecule has 3 heterocycles. The number of rotatable bonds is 9. The second-order valence-electron chi connectivity index (χ2n) is 9.09. The highest BCUT2D eigenvalue weighted by Crippen LogP contribution is 2.30. The molecule has 7 nitrogen and oxygen atoms in total. The van der Waals surface area contributed by atoms with Crippen LogP contribution in [0.3, 0.4) is 0 Å². The van der Waals surface area contributed by atoms with Crippen LogP contribution >= 0.6 is 0 Å². The Labute approximate surface area is 204 Å². The molecular weight excluding hydrogens is 450 g/mol. The molecule has 4 rings (SSSR count). The van der Waals surface area contributed by atoms with E-state index in [4.69, 9.17) is 9.72 Å². The van der Waals surface area contributed by atoms with Crippen molar-refractivity contribution in [2.24, 2.45) is 5.92 Å². The molecule has 0 saturated heterocycles. The lowest BCUT2D eigenvalue weighted by Crippen LogP contribution is -2.25. The van der Waals surface area contributed by atoms with E-state index in [-0.39, 0.29) is 24.3 Å². The number of methoxy groups -OCH3 is 1. The first-order valence-corrected chi connectivity index (χ1v) is 12.0.